The average molecular weight is 376 g/mol. The number of alkyl halides is 1. The lowest BCUT2D eigenvalue weighted by molar-refractivity contribution is -0.114. The fourth-order valence-electron chi connectivity index (χ4n) is 4.25. The van der Waals surface area contributed by atoms with Gasteiger partial charge in [-0.3, -0.25) is 4.79 Å². The lowest BCUT2D eigenvalue weighted by atomic mass is 9.81. The zero-order chi connectivity index (χ0) is 19.7. The van der Waals surface area contributed by atoms with E-state index in [0.29, 0.717) is 17.2 Å². The van der Waals surface area contributed by atoms with E-state index in [2.05, 4.69) is 35.6 Å². The van der Waals surface area contributed by atoms with E-state index in [-0.39, 0.29) is 6.42 Å². The molecule has 0 aliphatic heterocycles. The molecule has 2 aliphatic rings. The van der Waals surface area contributed by atoms with E-state index < -0.39 is 11.6 Å². The molecule has 144 valence electrons. The van der Waals surface area contributed by atoms with E-state index in [1.54, 1.807) is 12.2 Å². The molecule has 0 radical (unpaired) electrons. The normalized spacial score (nSPS) is 21.8. The number of carbonyl (C=O) groups excluding carboxylic acids is 1. The molecule has 3 nitrogen and oxygen atoms in total. The second kappa shape index (κ2) is 7.36. The van der Waals surface area contributed by atoms with Crippen LogP contribution in [0.5, 0.6) is 0 Å². The summed E-state index contributed by atoms with van der Waals surface area (Å²) in [6, 6.07) is 17.0. The number of primary amides is 1. The maximum atomic E-state index is 15.2. The molecule has 4 rings (SSSR count). The highest BCUT2D eigenvalue weighted by Crippen LogP contribution is 2.39. The number of amides is 1. The van der Waals surface area contributed by atoms with Crippen molar-refractivity contribution in [1.29, 1.82) is 0 Å². The van der Waals surface area contributed by atoms with Gasteiger partial charge in [0.15, 0.2) is 0 Å². The standard InChI is InChI=1S/C24H25FN2O/c1-24(25)14-20(23(26)28)9-10-22(24)19-8-4-5-16(11-19)15-27-21-12-17-6-2-3-7-18(17)13-21/h2-11,21,27H,12-15H2,1H3,(H2,26,28). The van der Waals surface area contributed by atoms with Crippen molar-refractivity contribution < 1.29 is 9.18 Å². The van der Waals surface area contributed by atoms with Crippen LogP contribution < -0.4 is 11.1 Å². The number of hydrogen-bond acceptors (Lipinski definition) is 2. The largest absolute Gasteiger partial charge is 0.366 e. The first-order chi connectivity index (χ1) is 13.4. The van der Waals surface area contributed by atoms with Gasteiger partial charge in [0.05, 0.1) is 0 Å². The second-order valence-electron chi connectivity index (χ2n) is 7.97. The van der Waals surface area contributed by atoms with Gasteiger partial charge in [0.1, 0.15) is 5.67 Å². The molecule has 0 saturated carbocycles. The monoisotopic (exact) mass is 376 g/mol. The number of nitrogens with two attached hydrogens (primary N) is 1. The third-order valence-corrected chi connectivity index (χ3v) is 5.74. The van der Waals surface area contributed by atoms with Crippen molar-refractivity contribution in [1.82, 2.24) is 5.32 Å². The highest BCUT2D eigenvalue weighted by molar-refractivity contribution is 5.94. The molecule has 2 aromatic carbocycles. The summed E-state index contributed by atoms with van der Waals surface area (Å²) in [5.41, 5.74) is 9.43. The van der Waals surface area contributed by atoms with Crippen molar-refractivity contribution in [3.63, 3.8) is 0 Å². The summed E-state index contributed by atoms with van der Waals surface area (Å²) in [6.45, 7) is 2.25. The maximum Gasteiger partial charge on any atom is 0.244 e. The summed E-state index contributed by atoms with van der Waals surface area (Å²) in [6.07, 6.45) is 5.43. The van der Waals surface area contributed by atoms with Crippen LogP contribution in [-0.2, 0) is 24.2 Å². The van der Waals surface area contributed by atoms with Crippen molar-refractivity contribution in [2.45, 2.75) is 44.4 Å². The molecular formula is C24H25FN2O. The lowest BCUT2D eigenvalue weighted by Crippen LogP contribution is -2.29. The van der Waals surface area contributed by atoms with E-state index in [9.17, 15) is 4.79 Å². The number of fused-ring (bicyclic) bond motifs is 1. The molecule has 0 saturated heterocycles. The van der Waals surface area contributed by atoms with Gasteiger partial charge >= 0.3 is 0 Å². The number of halogens is 1. The summed E-state index contributed by atoms with van der Waals surface area (Å²) < 4.78 is 15.2. The van der Waals surface area contributed by atoms with Crippen LogP contribution in [0.4, 0.5) is 4.39 Å². The summed E-state index contributed by atoms with van der Waals surface area (Å²) in [4.78, 5) is 11.4. The quantitative estimate of drug-likeness (QED) is 0.832. The SMILES string of the molecule is CC1(F)CC(C(N)=O)=CC=C1c1cccc(CNC2Cc3ccccc3C2)c1. The van der Waals surface area contributed by atoms with Crippen LogP contribution in [-0.4, -0.2) is 17.6 Å². The number of allylic oxidation sites excluding steroid dienone is 3. The molecule has 1 atom stereocenters. The number of benzene rings is 2. The van der Waals surface area contributed by atoms with E-state index in [0.717, 1.165) is 30.5 Å². The Morgan fingerprint density at radius 1 is 1.14 bits per heavy atom. The number of carbonyl (C=O) groups is 1. The highest BCUT2D eigenvalue weighted by atomic mass is 19.1. The van der Waals surface area contributed by atoms with Gasteiger partial charge in [-0.2, -0.15) is 0 Å². The van der Waals surface area contributed by atoms with E-state index in [1.807, 2.05) is 18.2 Å². The molecular weight excluding hydrogens is 351 g/mol. The van der Waals surface area contributed by atoms with Crippen LogP contribution in [0.3, 0.4) is 0 Å². The maximum absolute atomic E-state index is 15.2. The van der Waals surface area contributed by atoms with Crippen LogP contribution in [0.1, 0.15) is 35.6 Å². The van der Waals surface area contributed by atoms with Gasteiger partial charge in [0.25, 0.3) is 0 Å². The minimum absolute atomic E-state index is 0.0109. The average Bonchev–Trinajstić information content (AvgIpc) is 3.09. The smallest absolute Gasteiger partial charge is 0.244 e. The predicted octanol–water partition coefficient (Wildman–Crippen LogP) is 3.87. The Hall–Kier alpha value is -2.72. The lowest BCUT2D eigenvalue weighted by Gasteiger charge is -2.28. The zero-order valence-corrected chi connectivity index (χ0v) is 16.0. The molecule has 0 spiro atoms. The fraction of sp³-hybridized carbons (Fsp3) is 0.292. The Bertz CT molecular complexity index is 949. The summed E-state index contributed by atoms with van der Waals surface area (Å²) >= 11 is 0. The second-order valence-corrected chi connectivity index (χ2v) is 7.97. The van der Waals surface area contributed by atoms with Gasteiger partial charge in [0.2, 0.25) is 5.91 Å². The molecule has 0 bridgehead atoms. The van der Waals surface area contributed by atoms with Gasteiger partial charge < -0.3 is 11.1 Å². The molecule has 2 aromatic rings. The van der Waals surface area contributed by atoms with Crippen molar-refractivity contribution in [2.75, 3.05) is 0 Å². The minimum Gasteiger partial charge on any atom is -0.366 e. The zero-order valence-electron chi connectivity index (χ0n) is 16.0. The van der Waals surface area contributed by atoms with Crippen LogP contribution in [0.2, 0.25) is 0 Å². The Morgan fingerprint density at radius 3 is 2.50 bits per heavy atom. The Labute approximate surface area is 165 Å². The Balaban J connectivity index is 1.47. The van der Waals surface area contributed by atoms with Crippen LogP contribution in [0.15, 0.2) is 66.3 Å². The molecule has 0 fully saturated rings. The first-order valence-corrected chi connectivity index (χ1v) is 9.72. The molecule has 28 heavy (non-hydrogen) atoms. The van der Waals surface area contributed by atoms with Crippen molar-refractivity contribution >= 4 is 11.5 Å². The highest BCUT2D eigenvalue weighted by Gasteiger charge is 2.34. The summed E-state index contributed by atoms with van der Waals surface area (Å²) in [5, 5.41) is 3.63. The number of hydrogen-bond donors (Lipinski definition) is 2. The van der Waals surface area contributed by atoms with E-state index in [4.69, 9.17) is 5.73 Å². The Kier molecular flexibility index (Phi) is 4.90. The molecule has 3 N–H and O–H groups in total. The number of nitrogens with one attached hydrogen (secondary N) is 1. The van der Waals surface area contributed by atoms with Gasteiger partial charge in [-0.15, -0.1) is 0 Å². The van der Waals surface area contributed by atoms with Crippen LogP contribution in [0.25, 0.3) is 5.57 Å². The first-order valence-electron chi connectivity index (χ1n) is 9.72. The number of rotatable bonds is 5. The topological polar surface area (TPSA) is 55.1 Å². The third-order valence-electron chi connectivity index (χ3n) is 5.74. The summed E-state index contributed by atoms with van der Waals surface area (Å²) in [5.74, 6) is -0.560. The first kappa shape index (κ1) is 18.6. The van der Waals surface area contributed by atoms with Gasteiger partial charge in [-0.05, 0) is 47.6 Å². The van der Waals surface area contributed by atoms with E-state index in [1.165, 1.54) is 18.1 Å². The third kappa shape index (κ3) is 3.78. The van der Waals surface area contributed by atoms with Crippen molar-refractivity contribution in [3.8, 4) is 0 Å². The fourth-order valence-corrected chi connectivity index (χ4v) is 4.25. The van der Waals surface area contributed by atoms with E-state index >= 15 is 4.39 Å². The van der Waals surface area contributed by atoms with Crippen molar-refractivity contribution in [2.24, 2.45) is 5.73 Å². The van der Waals surface area contributed by atoms with Gasteiger partial charge in [-0.1, -0.05) is 60.7 Å². The van der Waals surface area contributed by atoms with Crippen molar-refractivity contribution in [3.05, 3.63) is 88.5 Å². The van der Waals surface area contributed by atoms with Gasteiger partial charge in [-0.25, -0.2) is 4.39 Å². The molecule has 0 aromatic heterocycles. The van der Waals surface area contributed by atoms with Crippen LogP contribution in [0, 0.1) is 0 Å². The molecule has 1 amide bonds. The van der Waals surface area contributed by atoms with Gasteiger partial charge in [0, 0.05) is 24.6 Å². The Morgan fingerprint density at radius 2 is 1.86 bits per heavy atom. The molecule has 1 unspecified atom stereocenters. The molecule has 0 heterocycles. The summed E-state index contributed by atoms with van der Waals surface area (Å²) in [7, 11) is 0. The molecule has 2 aliphatic carbocycles. The van der Waals surface area contributed by atoms with Crippen LogP contribution >= 0.6 is 0 Å². The predicted molar refractivity (Wildman–Crippen MR) is 110 cm³/mol. The minimum atomic E-state index is -1.61. The molecule has 4 heteroatoms.